The van der Waals surface area contributed by atoms with E-state index in [0.717, 1.165) is 12.8 Å². The van der Waals surface area contributed by atoms with Gasteiger partial charge in [0.1, 0.15) is 0 Å². The lowest BCUT2D eigenvalue weighted by molar-refractivity contribution is 0.0794. The molecular formula is C16H19ClN4O3S. The van der Waals surface area contributed by atoms with Gasteiger partial charge in [0.15, 0.2) is 5.03 Å². The SMILES string of the molecule is CCn1cnc(S(=O)(=O)Nc2cc(Cl)ccc2C(=O)N2CCCC2)c1. The van der Waals surface area contributed by atoms with Gasteiger partial charge in [-0.1, -0.05) is 11.6 Å². The first-order valence-corrected chi connectivity index (χ1v) is 9.90. The second kappa shape index (κ2) is 7.05. The van der Waals surface area contributed by atoms with E-state index < -0.39 is 10.0 Å². The molecule has 1 N–H and O–H groups in total. The second-order valence-corrected chi connectivity index (χ2v) is 7.90. The zero-order valence-corrected chi connectivity index (χ0v) is 15.3. The Hall–Kier alpha value is -2.06. The summed E-state index contributed by atoms with van der Waals surface area (Å²) in [4.78, 5) is 18.3. The van der Waals surface area contributed by atoms with Gasteiger partial charge < -0.3 is 9.47 Å². The molecular weight excluding hydrogens is 364 g/mol. The molecule has 1 aromatic heterocycles. The Morgan fingerprint density at radius 1 is 1.32 bits per heavy atom. The Balaban J connectivity index is 1.93. The molecule has 0 unspecified atom stereocenters. The molecule has 1 saturated heterocycles. The number of sulfonamides is 1. The zero-order valence-electron chi connectivity index (χ0n) is 13.8. The molecule has 2 heterocycles. The van der Waals surface area contributed by atoms with Crippen LogP contribution in [0.3, 0.4) is 0 Å². The first-order valence-electron chi connectivity index (χ1n) is 8.04. The van der Waals surface area contributed by atoms with Crippen LogP contribution in [-0.4, -0.2) is 41.9 Å². The van der Waals surface area contributed by atoms with Crippen molar-refractivity contribution in [3.8, 4) is 0 Å². The molecule has 0 spiro atoms. The quantitative estimate of drug-likeness (QED) is 0.861. The van der Waals surface area contributed by atoms with Gasteiger partial charge in [-0.15, -0.1) is 0 Å². The molecule has 0 bridgehead atoms. The highest BCUT2D eigenvalue weighted by atomic mass is 35.5. The largest absolute Gasteiger partial charge is 0.339 e. The fraction of sp³-hybridized carbons (Fsp3) is 0.375. The van der Waals surface area contributed by atoms with Gasteiger partial charge in [-0.25, -0.2) is 4.98 Å². The number of hydrogen-bond acceptors (Lipinski definition) is 4. The average molecular weight is 383 g/mol. The number of imidazole rings is 1. The Morgan fingerprint density at radius 3 is 2.68 bits per heavy atom. The molecule has 1 aromatic carbocycles. The van der Waals surface area contributed by atoms with E-state index in [9.17, 15) is 13.2 Å². The smallest absolute Gasteiger partial charge is 0.280 e. The normalized spacial score (nSPS) is 14.7. The predicted octanol–water partition coefficient (Wildman–Crippen LogP) is 2.59. The number of likely N-dealkylation sites (tertiary alicyclic amines) is 1. The van der Waals surface area contributed by atoms with Crippen LogP contribution in [0.5, 0.6) is 0 Å². The van der Waals surface area contributed by atoms with Crippen LogP contribution in [0.2, 0.25) is 5.02 Å². The number of hydrogen-bond donors (Lipinski definition) is 1. The summed E-state index contributed by atoms with van der Waals surface area (Å²) in [6, 6.07) is 4.57. The summed E-state index contributed by atoms with van der Waals surface area (Å²) in [5.74, 6) is -0.203. The summed E-state index contributed by atoms with van der Waals surface area (Å²) in [5.41, 5.74) is 0.445. The Bertz CT molecular complexity index is 889. The van der Waals surface area contributed by atoms with Gasteiger partial charge in [-0.3, -0.25) is 9.52 Å². The van der Waals surface area contributed by atoms with Crippen molar-refractivity contribution in [2.24, 2.45) is 0 Å². The summed E-state index contributed by atoms with van der Waals surface area (Å²) in [5, 5.41) is 0.239. The number of aromatic nitrogens is 2. The van der Waals surface area contributed by atoms with Crippen molar-refractivity contribution in [3.63, 3.8) is 0 Å². The maximum absolute atomic E-state index is 12.7. The van der Waals surface area contributed by atoms with Gasteiger partial charge >= 0.3 is 0 Å². The summed E-state index contributed by atoms with van der Waals surface area (Å²) in [6.07, 6.45) is 4.79. The van der Waals surface area contributed by atoms with Crippen LogP contribution in [-0.2, 0) is 16.6 Å². The highest BCUT2D eigenvalue weighted by molar-refractivity contribution is 7.92. The third-order valence-corrected chi connectivity index (χ3v) is 5.58. The van der Waals surface area contributed by atoms with E-state index in [-0.39, 0.29) is 22.2 Å². The van der Waals surface area contributed by atoms with E-state index in [4.69, 9.17) is 11.6 Å². The first kappa shape index (κ1) is 17.8. The maximum atomic E-state index is 12.7. The Labute approximate surface area is 151 Å². The van der Waals surface area contributed by atoms with Gasteiger partial charge in [0.2, 0.25) is 0 Å². The number of rotatable bonds is 5. The molecule has 0 radical (unpaired) electrons. The van der Waals surface area contributed by atoms with E-state index >= 15 is 0 Å². The predicted molar refractivity (Wildman–Crippen MR) is 95.3 cm³/mol. The minimum absolute atomic E-state index is 0.103. The highest BCUT2D eigenvalue weighted by Gasteiger charge is 2.25. The number of nitrogens with one attached hydrogen (secondary N) is 1. The van der Waals surface area contributed by atoms with Crippen molar-refractivity contribution >= 4 is 33.2 Å². The van der Waals surface area contributed by atoms with E-state index in [0.29, 0.717) is 24.7 Å². The molecule has 9 heteroatoms. The number of benzene rings is 1. The Kier molecular flexibility index (Phi) is 5.01. The van der Waals surface area contributed by atoms with Gasteiger partial charge in [-0.2, -0.15) is 8.42 Å². The van der Waals surface area contributed by atoms with Gasteiger partial charge in [0.05, 0.1) is 17.6 Å². The van der Waals surface area contributed by atoms with Crippen molar-refractivity contribution < 1.29 is 13.2 Å². The van der Waals surface area contributed by atoms with E-state index in [1.54, 1.807) is 21.6 Å². The molecule has 0 aliphatic carbocycles. The molecule has 1 fully saturated rings. The van der Waals surface area contributed by atoms with Crippen LogP contribution in [0.4, 0.5) is 5.69 Å². The van der Waals surface area contributed by atoms with E-state index in [1.165, 1.54) is 18.6 Å². The first-order chi connectivity index (χ1) is 11.9. The average Bonchev–Trinajstić information content (AvgIpc) is 3.26. The van der Waals surface area contributed by atoms with Crippen molar-refractivity contribution in [1.29, 1.82) is 0 Å². The standard InChI is InChI=1S/C16H19ClN4O3S/c1-2-20-10-15(18-11-20)25(23,24)19-14-9-12(17)5-6-13(14)16(22)21-7-3-4-8-21/h5-6,9-11,19H,2-4,7-8H2,1H3. The minimum Gasteiger partial charge on any atom is -0.339 e. The van der Waals surface area contributed by atoms with Gasteiger partial charge in [0, 0.05) is 30.9 Å². The lowest BCUT2D eigenvalue weighted by Crippen LogP contribution is -2.29. The van der Waals surface area contributed by atoms with Crippen LogP contribution in [0.1, 0.15) is 30.1 Å². The topological polar surface area (TPSA) is 84.3 Å². The number of halogens is 1. The van der Waals surface area contributed by atoms with Crippen LogP contribution in [0, 0.1) is 0 Å². The summed E-state index contributed by atoms with van der Waals surface area (Å²) < 4.78 is 29.3. The number of amides is 1. The highest BCUT2D eigenvalue weighted by Crippen LogP contribution is 2.26. The lowest BCUT2D eigenvalue weighted by atomic mass is 10.1. The molecule has 7 nitrogen and oxygen atoms in total. The number of anilines is 1. The molecule has 0 atom stereocenters. The van der Waals surface area contributed by atoms with Crippen LogP contribution >= 0.6 is 11.6 Å². The van der Waals surface area contributed by atoms with Crippen molar-refractivity contribution in [3.05, 3.63) is 41.3 Å². The van der Waals surface area contributed by atoms with Crippen molar-refractivity contribution in [1.82, 2.24) is 14.5 Å². The third-order valence-electron chi connectivity index (χ3n) is 4.10. The minimum atomic E-state index is -3.91. The molecule has 3 rings (SSSR count). The number of carbonyl (C=O) groups excluding carboxylic acids is 1. The molecule has 1 amide bonds. The van der Waals surface area contributed by atoms with E-state index in [1.807, 2.05) is 6.92 Å². The number of carbonyl (C=O) groups is 1. The van der Waals surface area contributed by atoms with Crippen LogP contribution < -0.4 is 4.72 Å². The summed E-state index contributed by atoms with van der Waals surface area (Å²) in [7, 11) is -3.91. The van der Waals surface area contributed by atoms with Gasteiger partial charge in [0.25, 0.3) is 15.9 Å². The van der Waals surface area contributed by atoms with Gasteiger partial charge in [-0.05, 0) is 38.0 Å². The molecule has 1 aliphatic rings. The van der Waals surface area contributed by atoms with Crippen molar-refractivity contribution in [2.45, 2.75) is 31.3 Å². The number of aryl methyl sites for hydroxylation is 1. The maximum Gasteiger partial charge on any atom is 0.280 e. The second-order valence-electron chi connectivity index (χ2n) is 5.84. The molecule has 2 aromatic rings. The fourth-order valence-electron chi connectivity index (χ4n) is 2.73. The molecule has 25 heavy (non-hydrogen) atoms. The summed E-state index contributed by atoms with van der Waals surface area (Å²) in [6.45, 7) is 3.84. The monoisotopic (exact) mass is 382 g/mol. The Morgan fingerprint density at radius 2 is 2.04 bits per heavy atom. The van der Waals surface area contributed by atoms with Crippen molar-refractivity contribution in [2.75, 3.05) is 17.8 Å². The molecule has 134 valence electrons. The third kappa shape index (κ3) is 3.80. The summed E-state index contributed by atoms with van der Waals surface area (Å²) >= 11 is 6.00. The van der Waals surface area contributed by atoms with E-state index in [2.05, 4.69) is 9.71 Å². The van der Waals surface area contributed by atoms with Crippen LogP contribution in [0.25, 0.3) is 0 Å². The fourth-order valence-corrected chi connectivity index (χ4v) is 3.92. The number of nitrogens with zero attached hydrogens (tertiary/aromatic N) is 3. The van der Waals surface area contributed by atoms with Crippen LogP contribution in [0.15, 0.2) is 35.7 Å². The zero-order chi connectivity index (χ0) is 18.0. The molecule has 0 saturated carbocycles. The molecule has 1 aliphatic heterocycles. The lowest BCUT2D eigenvalue weighted by Gasteiger charge is -2.18.